The summed E-state index contributed by atoms with van der Waals surface area (Å²) in [5, 5.41) is 6.26. The lowest BCUT2D eigenvalue weighted by atomic mass is 10.1. The highest BCUT2D eigenvalue weighted by Crippen LogP contribution is 2.01. The molecule has 0 saturated carbocycles. The molecule has 0 radical (unpaired) electrons. The van der Waals surface area contributed by atoms with E-state index in [0.29, 0.717) is 6.61 Å². The predicted molar refractivity (Wildman–Crippen MR) is 75.0 cm³/mol. The van der Waals surface area contributed by atoms with E-state index in [1.165, 1.54) is 5.56 Å². The Morgan fingerprint density at radius 1 is 1.37 bits per heavy atom. The van der Waals surface area contributed by atoms with E-state index in [0.717, 1.165) is 32.4 Å². The van der Waals surface area contributed by atoms with Gasteiger partial charge in [0.25, 0.3) is 0 Å². The molecule has 2 N–H and O–H groups in total. The molecule has 1 aromatic carbocycles. The highest BCUT2D eigenvalue weighted by molar-refractivity contribution is 5.77. The first-order valence-corrected chi connectivity index (χ1v) is 6.96. The first-order valence-electron chi connectivity index (χ1n) is 6.96. The molecule has 1 aromatic rings. The Bertz CT molecular complexity index is 375. The van der Waals surface area contributed by atoms with Gasteiger partial charge in [-0.2, -0.15) is 0 Å². The molecule has 4 heteroatoms. The lowest BCUT2D eigenvalue weighted by Gasteiger charge is -2.23. The summed E-state index contributed by atoms with van der Waals surface area (Å²) in [5.41, 5.74) is 1.24. The van der Waals surface area contributed by atoms with Gasteiger partial charge in [-0.05, 0) is 31.4 Å². The molecule has 0 aromatic heterocycles. The standard InChI is InChI=1S/C15H22N2O2/c18-15(17-14-7-4-9-16-11-14)12-19-10-8-13-5-2-1-3-6-13/h1-3,5-6,14,16H,4,7-12H2,(H,17,18). The number of hydrogen-bond acceptors (Lipinski definition) is 3. The second kappa shape index (κ2) is 7.92. The van der Waals surface area contributed by atoms with Gasteiger partial charge in [-0.25, -0.2) is 0 Å². The maximum Gasteiger partial charge on any atom is 0.246 e. The van der Waals surface area contributed by atoms with E-state index < -0.39 is 0 Å². The summed E-state index contributed by atoms with van der Waals surface area (Å²) in [6.07, 6.45) is 3.03. The minimum absolute atomic E-state index is 0.0123. The van der Waals surface area contributed by atoms with Crippen LogP contribution in [-0.4, -0.2) is 38.3 Å². The van der Waals surface area contributed by atoms with Crippen LogP contribution in [0.4, 0.5) is 0 Å². The van der Waals surface area contributed by atoms with E-state index in [9.17, 15) is 4.79 Å². The van der Waals surface area contributed by atoms with E-state index in [4.69, 9.17) is 4.74 Å². The lowest BCUT2D eigenvalue weighted by molar-refractivity contribution is -0.126. The summed E-state index contributed by atoms with van der Waals surface area (Å²) < 4.78 is 5.41. The Balaban J connectivity index is 1.56. The van der Waals surface area contributed by atoms with Crippen LogP contribution in [0.5, 0.6) is 0 Å². The van der Waals surface area contributed by atoms with Gasteiger partial charge in [0.2, 0.25) is 5.91 Å². The summed E-state index contributed by atoms with van der Waals surface area (Å²) in [7, 11) is 0. The molecular formula is C15H22N2O2. The van der Waals surface area contributed by atoms with Crippen LogP contribution < -0.4 is 10.6 Å². The van der Waals surface area contributed by atoms with Gasteiger partial charge in [-0.3, -0.25) is 4.79 Å². The molecule has 1 amide bonds. The molecule has 0 aliphatic carbocycles. The van der Waals surface area contributed by atoms with E-state index in [1.54, 1.807) is 0 Å². The summed E-state index contributed by atoms with van der Waals surface area (Å²) in [4.78, 5) is 11.7. The summed E-state index contributed by atoms with van der Waals surface area (Å²) >= 11 is 0. The normalized spacial score (nSPS) is 19.1. The fourth-order valence-corrected chi connectivity index (χ4v) is 2.24. The minimum atomic E-state index is -0.0123. The van der Waals surface area contributed by atoms with Crippen LogP contribution in [0.3, 0.4) is 0 Å². The highest BCUT2D eigenvalue weighted by Gasteiger charge is 2.14. The van der Waals surface area contributed by atoms with Crippen LogP contribution in [0, 0.1) is 0 Å². The number of piperidine rings is 1. The van der Waals surface area contributed by atoms with Crippen molar-refractivity contribution in [2.24, 2.45) is 0 Å². The van der Waals surface area contributed by atoms with Gasteiger partial charge in [0.1, 0.15) is 6.61 Å². The van der Waals surface area contributed by atoms with Crippen LogP contribution in [0.15, 0.2) is 30.3 Å². The Labute approximate surface area is 114 Å². The van der Waals surface area contributed by atoms with Gasteiger partial charge in [-0.1, -0.05) is 30.3 Å². The number of ether oxygens (including phenoxy) is 1. The SMILES string of the molecule is O=C(COCCc1ccccc1)NC1CCCNC1. The molecular weight excluding hydrogens is 240 g/mol. The third-order valence-corrected chi connectivity index (χ3v) is 3.27. The van der Waals surface area contributed by atoms with Crippen molar-refractivity contribution in [3.8, 4) is 0 Å². The average Bonchev–Trinajstić information content (AvgIpc) is 2.46. The van der Waals surface area contributed by atoms with Crippen LogP contribution in [0.1, 0.15) is 18.4 Å². The van der Waals surface area contributed by atoms with Gasteiger partial charge in [0, 0.05) is 12.6 Å². The van der Waals surface area contributed by atoms with Crippen molar-refractivity contribution in [1.82, 2.24) is 10.6 Å². The lowest BCUT2D eigenvalue weighted by Crippen LogP contribution is -2.46. The van der Waals surface area contributed by atoms with Crippen LogP contribution in [0.25, 0.3) is 0 Å². The zero-order valence-corrected chi connectivity index (χ0v) is 11.2. The third kappa shape index (κ3) is 5.41. The monoisotopic (exact) mass is 262 g/mol. The minimum Gasteiger partial charge on any atom is -0.371 e. The highest BCUT2D eigenvalue weighted by atomic mass is 16.5. The average molecular weight is 262 g/mol. The second-order valence-electron chi connectivity index (χ2n) is 4.90. The van der Waals surface area contributed by atoms with Crippen LogP contribution in [0.2, 0.25) is 0 Å². The predicted octanol–water partition coefficient (Wildman–Crippen LogP) is 1.11. The van der Waals surface area contributed by atoms with E-state index >= 15 is 0 Å². The summed E-state index contributed by atoms with van der Waals surface area (Å²) in [6, 6.07) is 10.4. The fraction of sp³-hybridized carbons (Fsp3) is 0.533. The quantitative estimate of drug-likeness (QED) is 0.755. The summed E-state index contributed by atoms with van der Waals surface area (Å²) in [5.74, 6) is -0.0123. The zero-order chi connectivity index (χ0) is 13.3. The molecule has 0 bridgehead atoms. The first-order chi connectivity index (χ1) is 9.34. The Morgan fingerprint density at radius 2 is 2.21 bits per heavy atom. The molecule has 4 nitrogen and oxygen atoms in total. The molecule has 2 rings (SSSR count). The number of carbonyl (C=O) groups excluding carboxylic acids is 1. The molecule has 1 aliphatic heterocycles. The van der Waals surface area contributed by atoms with E-state index in [2.05, 4.69) is 22.8 Å². The number of amides is 1. The topological polar surface area (TPSA) is 50.4 Å². The van der Waals surface area contributed by atoms with Crippen molar-refractivity contribution >= 4 is 5.91 Å². The van der Waals surface area contributed by atoms with Crippen LogP contribution >= 0.6 is 0 Å². The number of rotatable bonds is 6. The van der Waals surface area contributed by atoms with E-state index in [-0.39, 0.29) is 18.6 Å². The van der Waals surface area contributed by atoms with Crippen molar-refractivity contribution in [1.29, 1.82) is 0 Å². The Hall–Kier alpha value is -1.39. The van der Waals surface area contributed by atoms with Crippen molar-refractivity contribution in [2.75, 3.05) is 26.3 Å². The molecule has 1 atom stereocenters. The first kappa shape index (κ1) is 14.0. The van der Waals surface area contributed by atoms with Gasteiger partial charge in [0.05, 0.1) is 6.61 Å². The number of benzene rings is 1. The molecule has 1 unspecified atom stereocenters. The van der Waals surface area contributed by atoms with Gasteiger partial charge in [0.15, 0.2) is 0 Å². The van der Waals surface area contributed by atoms with Crippen molar-refractivity contribution < 1.29 is 9.53 Å². The largest absolute Gasteiger partial charge is 0.371 e. The molecule has 1 heterocycles. The number of carbonyl (C=O) groups is 1. The van der Waals surface area contributed by atoms with Gasteiger partial charge < -0.3 is 15.4 Å². The Kier molecular flexibility index (Phi) is 5.85. The van der Waals surface area contributed by atoms with Crippen molar-refractivity contribution in [2.45, 2.75) is 25.3 Å². The molecule has 1 saturated heterocycles. The molecule has 1 fully saturated rings. The van der Waals surface area contributed by atoms with Crippen molar-refractivity contribution in [3.05, 3.63) is 35.9 Å². The van der Waals surface area contributed by atoms with Crippen LogP contribution in [-0.2, 0) is 16.0 Å². The van der Waals surface area contributed by atoms with Gasteiger partial charge >= 0.3 is 0 Å². The molecule has 19 heavy (non-hydrogen) atoms. The van der Waals surface area contributed by atoms with Gasteiger partial charge in [-0.15, -0.1) is 0 Å². The maximum atomic E-state index is 11.7. The molecule has 104 valence electrons. The smallest absolute Gasteiger partial charge is 0.246 e. The van der Waals surface area contributed by atoms with Crippen molar-refractivity contribution in [3.63, 3.8) is 0 Å². The third-order valence-electron chi connectivity index (χ3n) is 3.27. The zero-order valence-electron chi connectivity index (χ0n) is 11.2. The summed E-state index contributed by atoms with van der Waals surface area (Å²) in [6.45, 7) is 2.67. The number of nitrogens with one attached hydrogen (secondary N) is 2. The fourth-order valence-electron chi connectivity index (χ4n) is 2.24. The molecule has 0 spiro atoms. The Morgan fingerprint density at radius 3 is 2.95 bits per heavy atom. The second-order valence-corrected chi connectivity index (χ2v) is 4.90. The van der Waals surface area contributed by atoms with E-state index in [1.807, 2.05) is 18.2 Å². The molecule has 1 aliphatic rings. The maximum absolute atomic E-state index is 11.7. The number of hydrogen-bond donors (Lipinski definition) is 2.